The number of hydrogen-bond acceptors (Lipinski definition) is 3. The molecule has 0 amide bonds. The molecule has 100 valence electrons. The van der Waals surface area contributed by atoms with Gasteiger partial charge in [0, 0.05) is 22.7 Å². The second-order valence-corrected chi connectivity index (χ2v) is 6.00. The number of anilines is 1. The number of nitrogens with zero attached hydrogens (tertiary/aromatic N) is 1. The lowest BCUT2D eigenvalue weighted by molar-refractivity contribution is 0.181. The maximum Gasteiger partial charge on any atom is 0.134 e. The first-order valence-corrected chi connectivity index (χ1v) is 7.32. The zero-order chi connectivity index (χ0) is 12.8. The zero-order valence-electron chi connectivity index (χ0n) is 11.1. The van der Waals surface area contributed by atoms with Crippen molar-refractivity contribution >= 4 is 16.7 Å². The lowest BCUT2D eigenvalue weighted by Gasteiger charge is -2.34. The molecule has 4 rings (SSSR count). The van der Waals surface area contributed by atoms with Gasteiger partial charge in [-0.2, -0.15) is 0 Å². The van der Waals surface area contributed by atoms with Gasteiger partial charge in [-0.05, 0) is 62.9 Å². The maximum atomic E-state index is 5.92. The highest BCUT2D eigenvalue weighted by Crippen LogP contribution is 2.39. The lowest BCUT2D eigenvalue weighted by atomic mass is 9.85. The van der Waals surface area contributed by atoms with Crippen molar-refractivity contribution in [2.75, 3.05) is 18.8 Å². The van der Waals surface area contributed by atoms with E-state index in [2.05, 4.69) is 11.0 Å². The molecule has 2 aliphatic rings. The van der Waals surface area contributed by atoms with Crippen LogP contribution in [0.3, 0.4) is 0 Å². The number of furan rings is 1. The summed E-state index contributed by atoms with van der Waals surface area (Å²) >= 11 is 0. The molecule has 0 saturated carbocycles. The van der Waals surface area contributed by atoms with Gasteiger partial charge in [-0.3, -0.25) is 0 Å². The first-order valence-electron chi connectivity index (χ1n) is 7.32. The van der Waals surface area contributed by atoms with Crippen molar-refractivity contribution in [2.24, 2.45) is 0 Å². The van der Waals surface area contributed by atoms with E-state index in [-0.39, 0.29) is 0 Å². The summed E-state index contributed by atoms with van der Waals surface area (Å²) < 4.78 is 5.70. The summed E-state index contributed by atoms with van der Waals surface area (Å²) in [7, 11) is 0. The SMILES string of the molecule is Nc1ccc2occ(C3CCN4CCCC4C3)c2c1. The molecule has 3 heterocycles. The Labute approximate surface area is 113 Å². The highest BCUT2D eigenvalue weighted by Gasteiger charge is 2.33. The summed E-state index contributed by atoms with van der Waals surface area (Å²) in [5, 5.41) is 1.22. The van der Waals surface area contributed by atoms with Crippen molar-refractivity contribution in [3.63, 3.8) is 0 Å². The van der Waals surface area contributed by atoms with Crippen LogP contribution in [0.5, 0.6) is 0 Å². The van der Waals surface area contributed by atoms with Crippen LogP contribution < -0.4 is 5.73 Å². The largest absolute Gasteiger partial charge is 0.464 e. The molecule has 3 nitrogen and oxygen atoms in total. The van der Waals surface area contributed by atoms with Crippen LogP contribution >= 0.6 is 0 Å². The van der Waals surface area contributed by atoms with Gasteiger partial charge in [-0.15, -0.1) is 0 Å². The molecule has 2 fully saturated rings. The van der Waals surface area contributed by atoms with Crippen LogP contribution in [0.15, 0.2) is 28.9 Å². The highest BCUT2D eigenvalue weighted by atomic mass is 16.3. The van der Waals surface area contributed by atoms with E-state index in [0.29, 0.717) is 5.92 Å². The minimum absolute atomic E-state index is 0.641. The Hall–Kier alpha value is -1.48. The Morgan fingerprint density at radius 2 is 2.16 bits per heavy atom. The summed E-state index contributed by atoms with van der Waals surface area (Å²) in [4.78, 5) is 2.66. The number of fused-ring (bicyclic) bond motifs is 2. The van der Waals surface area contributed by atoms with E-state index < -0.39 is 0 Å². The standard InChI is InChI=1S/C16H20N2O/c17-12-3-4-16-14(9-12)15(10-19-16)11-5-7-18-6-1-2-13(18)8-11/h3-4,9-11,13H,1-2,5-8,17H2. The lowest BCUT2D eigenvalue weighted by Crippen LogP contribution is -2.37. The van der Waals surface area contributed by atoms with Crippen molar-refractivity contribution in [3.8, 4) is 0 Å². The minimum atomic E-state index is 0.641. The smallest absolute Gasteiger partial charge is 0.134 e. The molecule has 0 bridgehead atoms. The minimum Gasteiger partial charge on any atom is -0.464 e. The molecule has 2 saturated heterocycles. The molecule has 0 aliphatic carbocycles. The third-order valence-electron chi connectivity index (χ3n) is 4.89. The number of benzene rings is 1. The summed E-state index contributed by atoms with van der Waals surface area (Å²) in [6.45, 7) is 2.54. The van der Waals surface area contributed by atoms with E-state index in [0.717, 1.165) is 17.3 Å². The van der Waals surface area contributed by atoms with Crippen LogP contribution in [0, 0.1) is 0 Å². The van der Waals surface area contributed by atoms with Crippen LogP contribution in [-0.4, -0.2) is 24.0 Å². The molecule has 0 spiro atoms. The molecule has 3 heteroatoms. The number of hydrogen-bond donors (Lipinski definition) is 1. The normalized spacial score (nSPS) is 27.8. The van der Waals surface area contributed by atoms with Crippen molar-refractivity contribution in [2.45, 2.75) is 37.6 Å². The maximum absolute atomic E-state index is 5.92. The molecule has 2 aromatic rings. The quantitative estimate of drug-likeness (QED) is 0.796. The van der Waals surface area contributed by atoms with Crippen molar-refractivity contribution < 1.29 is 4.42 Å². The van der Waals surface area contributed by atoms with Crippen LogP contribution in [0.4, 0.5) is 5.69 Å². The Morgan fingerprint density at radius 1 is 1.21 bits per heavy atom. The van der Waals surface area contributed by atoms with Gasteiger partial charge >= 0.3 is 0 Å². The molecular formula is C16H20N2O. The van der Waals surface area contributed by atoms with Gasteiger partial charge in [-0.25, -0.2) is 0 Å². The first kappa shape index (κ1) is 11.4. The topological polar surface area (TPSA) is 42.4 Å². The molecule has 0 radical (unpaired) electrons. The molecule has 19 heavy (non-hydrogen) atoms. The summed E-state index contributed by atoms with van der Waals surface area (Å²) in [6, 6.07) is 6.76. The molecule has 2 atom stereocenters. The average Bonchev–Trinajstić information content (AvgIpc) is 3.03. The van der Waals surface area contributed by atoms with E-state index in [9.17, 15) is 0 Å². The second-order valence-electron chi connectivity index (χ2n) is 6.00. The summed E-state index contributed by atoms with van der Waals surface area (Å²) in [5.74, 6) is 0.641. The number of nitrogens with two attached hydrogens (primary N) is 1. The molecule has 2 unspecified atom stereocenters. The highest BCUT2D eigenvalue weighted by molar-refractivity contribution is 5.84. The van der Waals surface area contributed by atoms with Gasteiger partial charge in [0.15, 0.2) is 0 Å². The fourth-order valence-corrected chi connectivity index (χ4v) is 3.89. The van der Waals surface area contributed by atoms with Gasteiger partial charge in [0.2, 0.25) is 0 Å². The molecule has 2 aliphatic heterocycles. The first-order chi connectivity index (χ1) is 9.31. The van der Waals surface area contributed by atoms with E-state index in [1.807, 2.05) is 18.4 Å². The van der Waals surface area contributed by atoms with E-state index in [1.165, 1.54) is 49.7 Å². The third-order valence-corrected chi connectivity index (χ3v) is 4.89. The Kier molecular flexibility index (Phi) is 2.55. The fraction of sp³-hybridized carbons (Fsp3) is 0.500. The van der Waals surface area contributed by atoms with E-state index in [1.54, 1.807) is 0 Å². The van der Waals surface area contributed by atoms with Crippen LogP contribution in [-0.2, 0) is 0 Å². The third kappa shape index (κ3) is 1.84. The average molecular weight is 256 g/mol. The molecule has 1 aromatic carbocycles. The van der Waals surface area contributed by atoms with Gasteiger partial charge < -0.3 is 15.1 Å². The zero-order valence-corrected chi connectivity index (χ0v) is 11.1. The van der Waals surface area contributed by atoms with Crippen molar-refractivity contribution in [1.82, 2.24) is 4.90 Å². The fourth-order valence-electron chi connectivity index (χ4n) is 3.89. The summed E-state index contributed by atoms with van der Waals surface area (Å²) in [6.07, 6.45) is 7.23. The Morgan fingerprint density at radius 3 is 3.11 bits per heavy atom. The second kappa shape index (κ2) is 4.27. The van der Waals surface area contributed by atoms with Crippen LogP contribution in [0.2, 0.25) is 0 Å². The van der Waals surface area contributed by atoms with Gasteiger partial charge in [-0.1, -0.05) is 0 Å². The van der Waals surface area contributed by atoms with E-state index >= 15 is 0 Å². The van der Waals surface area contributed by atoms with Crippen molar-refractivity contribution in [3.05, 3.63) is 30.0 Å². The number of rotatable bonds is 1. The number of nitrogen functional groups attached to an aromatic ring is 1. The Bertz CT molecular complexity index is 604. The molecular weight excluding hydrogens is 236 g/mol. The predicted octanol–water partition coefficient (Wildman–Crippen LogP) is 3.36. The van der Waals surface area contributed by atoms with Gasteiger partial charge in [0.25, 0.3) is 0 Å². The predicted molar refractivity (Wildman–Crippen MR) is 77.2 cm³/mol. The monoisotopic (exact) mass is 256 g/mol. The number of piperidine rings is 1. The summed E-state index contributed by atoms with van der Waals surface area (Å²) in [5.41, 5.74) is 9.08. The van der Waals surface area contributed by atoms with Crippen LogP contribution in [0.25, 0.3) is 11.0 Å². The molecule has 2 N–H and O–H groups in total. The van der Waals surface area contributed by atoms with E-state index in [4.69, 9.17) is 10.2 Å². The Balaban J connectivity index is 1.68. The van der Waals surface area contributed by atoms with Gasteiger partial charge in [0.05, 0.1) is 6.26 Å². The van der Waals surface area contributed by atoms with Crippen LogP contribution in [0.1, 0.15) is 37.2 Å². The molecule has 1 aromatic heterocycles. The van der Waals surface area contributed by atoms with Gasteiger partial charge in [0.1, 0.15) is 5.58 Å². The van der Waals surface area contributed by atoms with Crippen molar-refractivity contribution in [1.29, 1.82) is 0 Å².